The van der Waals surface area contributed by atoms with Crippen molar-refractivity contribution in [1.82, 2.24) is 9.29 Å². The van der Waals surface area contributed by atoms with E-state index in [1.165, 1.54) is 16.6 Å². The van der Waals surface area contributed by atoms with Gasteiger partial charge in [0.25, 0.3) is 5.56 Å². The maximum absolute atomic E-state index is 12.3. The highest BCUT2D eigenvalue weighted by Crippen LogP contribution is 2.20. The molecule has 0 saturated heterocycles. The normalized spacial score (nSPS) is 17.6. The molecule has 0 aliphatic carbocycles. The zero-order chi connectivity index (χ0) is 13.3. The Balaban J connectivity index is 2.39. The van der Waals surface area contributed by atoms with E-state index >= 15 is 0 Å². The molecule has 0 radical (unpaired) electrons. The van der Waals surface area contributed by atoms with Gasteiger partial charge in [-0.15, -0.1) is 0 Å². The maximum Gasteiger partial charge on any atom is 0.266 e. The van der Waals surface area contributed by atoms with E-state index in [1.807, 2.05) is 13.0 Å². The summed E-state index contributed by atoms with van der Waals surface area (Å²) in [5, 5.41) is -0.125. The minimum absolute atomic E-state index is 0.0156. The summed E-state index contributed by atoms with van der Waals surface area (Å²) in [6.45, 7) is 2.71. The van der Waals surface area contributed by atoms with Gasteiger partial charge in [-0.1, -0.05) is 23.3 Å². The molecule has 0 amide bonds. The first-order chi connectivity index (χ1) is 8.41. The summed E-state index contributed by atoms with van der Waals surface area (Å²) in [6, 6.07) is 1.18. The summed E-state index contributed by atoms with van der Waals surface area (Å²) in [7, 11) is -3.60. The van der Waals surface area contributed by atoms with Gasteiger partial charge in [0.2, 0.25) is 10.0 Å². The van der Waals surface area contributed by atoms with Crippen LogP contribution in [0.5, 0.6) is 0 Å². The molecule has 1 aliphatic heterocycles. The van der Waals surface area contributed by atoms with Gasteiger partial charge in [0.1, 0.15) is 5.02 Å². The van der Waals surface area contributed by atoms with E-state index in [2.05, 4.69) is 4.98 Å². The van der Waals surface area contributed by atoms with Crippen LogP contribution >= 0.6 is 11.6 Å². The van der Waals surface area contributed by atoms with E-state index in [0.717, 1.165) is 5.57 Å². The van der Waals surface area contributed by atoms with Crippen molar-refractivity contribution >= 4 is 21.6 Å². The molecule has 0 saturated carbocycles. The first-order valence-corrected chi connectivity index (χ1v) is 7.27. The first kappa shape index (κ1) is 13.3. The average molecular weight is 289 g/mol. The van der Waals surface area contributed by atoms with E-state index in [4.69, 9.17) is 11.6 Å². The van der Waals surface area contributed by atoms with Crippen LogP contribution in [-0.4, -0.2) is 30.8 Å². The molecule has 1 N–H and O–H groups in total. The van der Waals surface area contributed by atoms with Crippen molar-refractivity contribution in [3.63, 3.8) is 0 Å². The molecule has 0 fully saturated rings. The van der Waals surface area contributed by atoms with Crippen LogP contribution in [0.4, 0.5) is 0 Å². The lowest BCUT2D eigenvalue weighted by atomic mass is 10.2. The van der Waals surface area contributed by atoms with Crippen LogP contribution < -0.4 is 5.56 Å². The molecule has 0 atom stereocenters. The van der Waals surface area contributed by atoms with Gasteiger partial charge in [0.15, 0.2) is 0 Å². The van der Waals surface area contributed by atoms with Gasteiger partial charge in [-0.25, -0.2) is 8.42 Å². The zero-order valence-electron chi connectivity index (χ0n) is 9.81. The second-order valence-corrected chi connectivity index (χ2v) is 6.54. The number of hydrogen-bond acceptors (Lipinski definition) is 3. The van der Waals surface area contributed by atoms with Crippen LogP contribution in [0.3, 0.4) is 0 Å². The molecule has 2 heterocycles. The monoisotopic (exact) mass is 288 g/mol. The van der Waals surface area contributed by atoms with Crippen molar-refractivity contribution < 1.29 is 8.42 Å². The number of sulfonamides is 1. The van der Waals surface area contributed by atoms with E-state index < -0.39 is 15.6 Å². The Labute approximate surface area is 110 Å². The largest absolute Gasteiger partial charge is 0.326 e. The van der Waals surface area contributed by atoms with Crippen molar-refractivity contribution in [1.29, 1.82) is 0 Å². The van der Waals surface area contributed by atoms with Crippen molar-refractivity contribution in [3.05, 3.63) is 39.3 Å². The minimum Gasteiger partial charge on any atom is -0.326 e. The number of rotatable bonds is 2. The summed E-state index contributed by atoms with van der Waals surface area (Å²) in [5.74, 6) is 0. The van der Waals surface area contributed by atoms with Crippen molar-refractivity contribution in [2.75, 3.05) is 13.1 Å². The van der Waals surface area contributed by atoms with Gasteiger partial charge >= 0.3 is 0 Å². The van der Waals surface area contributed by atoms with Gasteiger partial charge in [-0.2, -0.15) is 4.31 Å². The van der Waals surface area contributed by atoms with Crippen LogP contribution in [0.15, 0.2) is 33.6 Å². The van der Waals surface area contributed by atoms with Crippen molar-refractivity contribution in [2.45, 2.75) is 18.2 Å². The molecule has 1 aromatic heterocycles. The number of nitrogens with zero attached hydrogens (tertiary/aromatic N) is 1. The second kappa shape index (κ2) is 4.87. The highest BCUT2D eigenvalue weighted by atomic mass is 35.5. The Morgan fingerprint density at radius 1 is 1.44 bits per heavy atom. The van der Waals surface area contributed by atoms with Gasteiger partial charge in [0, 0.05) is 19.3 Å². The predicted molar refractivity (Wildman–Crippen MR) is 69.2 cm³/mol. The van der Waals surface area contributed by atoms with Gasteiger partial charge in [-0.3, -0.25) is 4.79 Å². The Bertz CT molecular complexity index is 648. The smallest absolute Gasteiger partial charge is 0.266 e. The van der Waals surface area contributed by atoms with Crippen LogP contribution in [0.25, 0.3) is 0 Å². The van der Waals surface area contributed by atoms with E-state index in [1.54, 1.807) is 0 Å². The fraction of sp³-hybridized carbons (Fsp3) is 0.364. The van der Waals surface area contributed by atoms with Gasteiger partial charge in [-0.05, 0) is 19.4 Å². The zero-order valence-corrected chi connectivity index (χ0v) is 11.4. The average Bonchev–Trinajstić information content (AvgIpc) is 2.32. The highest BCUT2D eigenvalue weighted by molar-refractivity contribution is 7.89. The number of H-pyrrole nitrogens is 1. The third-order valence-electron chi connectivity index (χ3n) is 2.77. The number of halogens is 1. The fourth-order valence-electron chi connectivity index (χ4n) is 1.82. The molecule has 18 heavy (non-hydrogen) atoms. The van der Waals surface area contributed by atoms with E-state index in [9.17, 15) is 13.2 Å². The SMILES string of the molecule is CC1=CCCN(S(=O)(=O)c2c[nH]c(=O)c(Cl)c2)C1. The second-order valence-electron chi connectivity index (χ2n) is 4.19. The van der Waals surface area contributed by atoms with Crippen LogP contribution in [0.2, 0.25) is 5.02 Å². The Morgan fingerprint density at radius 3 is 2.78 bits per heavy atom. The van der Waals surface area contributed by atoms with Crippen molar-refractivity contribution in [2.24, 2.45) is 0 Å². The molecule has 98 valence electrons. The van der Waals surface area contributed by atoms with E-state index in [0.29, 0.717) is 19.5 Å². The molecular weight excluding hydrogens is 276 g/mol. The molecule has 1 aromatic rings. The van der Waals surface area contributed by atoms with Gasteiger partial charge < -0.3 is 4.98 Å². The Kier molecular flexibility index (Phi) is 3.61. The lowest BCUT2D eigenvalue weighted by Gasteiger charge is -2.25. The van der Waals surface area contributed by atoms with E-state index in [-0.39, 0.29) is 9.92 Å². The third kappa shape index (κ3) is 2.50. The number of pyridine rings is 1. The van der Waals surface area contributed by atoms with Crippen molar-refractivity contribution in [3.8, 4) is 0 Å². The minimum atomic E-state index is -3.60. The fourth-order valence-corrected chi connectivity index (χ4v) is 3.55. The molecule has 0 spiro atoms. The number of aromatic nitrogens is 1. The summed E-state index contributed by atoms with van der Waals surface area (Å²) in [6.07, 6.45) is 3.89. The summed E-state index contributed by atoms with van der Waals surface area (Å²) in [4.78, 5) is 13.5. The number of hydrogen-bond donors (Lipinski definition) is 1. The quantitative estimate of drug-likeness (QED) is 0.836. The standard InChI is InChI=1S/C11H13ClN2O3S/c1-8-3-2-4-14(7-8)18(16,17)9-5-10(12)11(15)13-6-9/h3,5-6H,2,4,7H2,1H3,(H,13,15). The maximum atomic E-state index is 12.3. The van der Waals surface area contributed by atoms with Crippen LogP contribution in [0, 0.1) is 0 Å². The molecule has 1 aliphatic rings. The van der Waals surface area contributed by atoms with Crippen LogP contribution in [0.1, 0.15) is 13.3 Å². The van der Waals surface area contributed by atoms with Crippen LogP contribution in [-0.2, 0) is 10.0 Å². The summed E-state index contributed by atoms with van der Waals surface area (Å²) >= 11 is 5.65. The number of nitrogens with one attached hydrogen (secondary N) is 1. The molecule has 0 unspecified atom stereocenters. The highest BCUT2D eigenvalue weighted by Gasteiger charge is 2.26. The third-order valence-corrected chi connectivity index (χ3v) is 4.87. The Morgan fingerprint density at radius 2 is 2.17 bits per heavy atom. The summed E-state index contributed by atoms with van der Waals surface area (Å²) < 4.78 is 26.0. The lowest BCUT2D eigenvalue weighted by molar-refractivity contribution is 0.427. The molecule has 2 rings (SSSR count). The molecule has 7 heteroatoms. The summed E-state index contributed by atoms with van der Waals surface area (Å²) in [5.41, 5.74) is 0.519. The first-order valence-electron chi connectivity index (χ1n) is 5.45. The molecule has 5 nitrogen and oxygen atoms in total. The molecule has 0 aromatic carbocycles. The predicted octanol–water partition coefficient (Wildman–Crippen LogP) is 1.37. The Hall–Kier alpha value is -1.11. The van der Waals surface area contributed by atoms with Gasteiger partial charge in [0.05, 0.1) is 4.90 Å². The molecule has 0 bridgehead atoms. The topological polar surface area (TPSA) is 70.2 Å². The molecular formula is C11H13ClN2O3S. The number of aromatic amines is 1. The lowest BCUT2D eigenvalue weighted by Crippen LogP contribution is -2.35.